The maximum atomic E-state index is 12.4. The number of hydrogen-bond donors (Lipinski definition) is 2. The minimum atomic E-state index is -3.95. The SMILES string of the molecule is COc1ccc(C)cc1S(=O)(=O)NNC(=O)c1ccccc1C. The number of aryl methyl sites for hydroxylation is 2. The molecule has 0 bridgehead atoms. The van der Waals surface area contributed by atoms with Crippen LogP contribution < -0.4 is 15.0 Å². The molecule has 0 fully saturated rings. The first kappa shape index (κ1) is 17.0. The first-order valence-corrected chi connectivity index (χ1v) is 8.36. The van der Waals surface area contributed by atoms with E-state index in [4.69, 9.17) is 4.74 Å². The molecule has 6 nitrogen and oxygen atoms in total. The van der Waals surface area contributed by atoms with Gasteiger partial charge < -0.3 is 4.74 Å². The summed E-state index contributed by atoms with van der Waals surface area (Å²) in [5.74, 6) is -0.327. The average Bonchev–Trinajstić information content (AvgIpc) is 2.53. The molecule has 0 radical (unpaired) electrons. The first-order chi connectivity index (χ1) is 10.8. The third kappa shape index (κ3) is 3.88. The molecule has 0 aromatic heterocycles. The van der Waals surface area contributed by atoms with Gasteiger partial charge in [0.15, 0.2) is 0 Å². The Hall–Kier alpha value is -2.38. The third-order valence-electron chi connectivity index (χ3n) is 3.30. The zero-order valence-electron chi connectivity index (χ0n) is 13.1. The summed E-state index contributed by atoms with van der Waals surface area (Å²) in [6.45, 7) is 3.54. The fourth-order valence-electron chi connectivity index (χ4n) is 2.06. The zero-order chi connectivity index (χ0) is 17.0. The van der Waals surface area contributed by atoms with Crippen LogP contribution in [0.3, 0.4) is 0 Å². The van der Waals surface area contributed by atoms with Crippen LogP contribution in [-0.2, 0) is 10.0 Å². The Morgan fingerprint density at radius 2 is 1.78 bits per heavy atom. The highest BCUT2D eigenvalue weighted by molar-refractivity contribution is 7.89. The number of methoxy groups -OCH3 is 1. The van der Waals surface area contributed by atoms with Gasteiger partial charge in [0.1, 0.15) is 10.6 Å². The van der Waals surface area contributed by atoms with Crippen LogP contribution in [0, 0.1) is 13.8 Å². The van der Waals surface area contributed by atoms with Gasteiger partial charge in [0.2, 0.25) is 0 Å². The molecule has 2 rings (SSSR count). The summed E-state index contributed by atoms with van der Waals surface area (Å²) in [7, 11) is -2.56. The Bertz CT molecular complexity index is 832. The molecule has 0 unspecified atom stereocenters. The number of carbonyl (C=O) groups excluding carboxylic acids is 1. The topological polar surface area (TPSA) is 84.5 Å². The quantitative estimate of drug-likeness (QED) is 0.819. The predicted octanol–water partition coefficient (Wildman–Crippen LogP) is 1.94. The molecule has 2 aromatic rings. The van der Waals surface area contributed by atoms with E-state index in [1.54, 1.807) is 50.2 Å². The molecule has 2 aromatic carbocycles. The van der Waals surface area contributed by atoms with Crippen LogP contribution in [0.2, 0.25) is 0 Å². The molecule has 0 spiro atoms. The van der Waals surface area contributed by atoms with Crippen molar-refractivity contribution in [2.75, 3.05) is 7.11 Å². The highest BCUT2D eigenvalue weighted by Gasteiger charge is 2.21. The van der Waals surface area contributed by atoms with E-state index in [0.29, 0.717) is 5.56 Å². The van der Waals surface area contributed by atoms with Crippen molar-refractivity contribution in [1.29, 1.82) is 0 Å². The van der Waals surface area contributed by atoms with E-state index >= 15 is 0 Å². The van der Waals surface area contributed by atoms with Crippen LogP contribution in [0.25, 0.3) is 0 Å². The predicted molar refractivity (Wildman–Crippen MR) is 86.7 cm³/mol. The van der Waals surface area contributed by atoms with Gasteiger partial charge in [0, 0.05) is 5.56 Å². The van der Waals surface area contributed by atoms with Crippen LogP contribution in [0.4, 0.5) is 0 Å². The monoisotopic (exact) mass is 334 g/mol. The Kier molecular flexibility index (Phi) is 5.02. The summed E-state index contributed by atoms with van der Waals surface area (Å²) in [5.41, 5.74) is 4.12. The van der Waals surface area contributed by atoms with Gasteiger partial charge in [-0.2, -0.15) is 0 Å². The van der Waals surface area contributed by atoms with Gasteiger partial charge in [0.05, 0.1) is 7.11 Å². The van der Waals surface area contributed by atoms with Gasteiger partial charge in [-0.15, -0.1) is 4.83 Å². The van der Waals surface area contributed by atoms with Crippen LogP contribution in [0.1, 0.15) is 21.5 Å². The highest BCUT2D eigenvalue weighted by atomic mass is 32.2. The van der Waals surface area contributed by atoms with E-state index in [0.717, 1.165) is 11.1 Å². The number of benzene rings is 2. The molecule has 0 aliphatic rings. The lowest BCUT2D eigenvalue weighted by atomic mass is 10.1. The summed E-state index contributed by atoms with van der Waals surface area (Å²) < 4.78 is 29.8. The fraction of sp³-hybridized carbons (Fsp3) is 0.188. The second kappa shape index (κ2) is 6.80. The van der Waals surface area contributed by atoms with Crippen molar-refractivity contribution in [2.24, 2.45) is 0 Å². The lowest BCUT2D eigenvalue weighted by Crippen LogP contribution is -2.41. The van der Waals surface area contributed by atoms with Crippen molar-refractivity contribution >= 4 is 15.9 Å². The van der Waals surface area contributed by atoms with Crippen molar-refractivity contribution < 1.29 is 17.9 Å². The van der Waals surface area contributed by atoms with E-state index < -0.39 is 15.9 Å². The normalized spacial score (nSPS) is 11.1. The lowest BCUT2D eigenvalue weighted by Gasteiger charge is -2.12. The zero-order valence-corrected chi connectivity index (χ0v) is 13.9. The molecule has 23 heavy (non-hydrogen) atoms. The van der Waals surface area contributed by atoms with Gasteiger partial charge in [0.25, 0.3) is 15.9 Å². The molecule has 2 N–H and O–H groups in total. The van der Waals surface area contributed by atoms with Crippen molar-refractivity contribution in [3.05, 3.63) is 59.2 Å². The molecule has 0 atom stereocenters. The van der Waals surface area contributed by atoms with Gasteiger partial charge in [-0.1, -0.05) is 24.3 Å². The number of carbonyl (C=O) groups is 1. The van der Waals surface area contributed by atoms with Crippen molar-refractivity contribution in [3.63, 3.8) is 0 Å². The third-order valence-corrected chi connectivity index (χ3v) is 4.57. The second-order valence-corrected chi connectivity index (χ2v) is 6.68. The van der Waals surface area contributed by atoms with Gasteiger partial charge in [-0.05, 0) is 43.2 Å². The van der Waals surface area contributed by atoms with Crippen molar-refractivity contribution in [1.82, 2.24) is 10.3 Å². The Morgan fingerprint density at radius 1 is 1.09 bits per heavy atom. The van der Waals surface area contributed by atoms with Crippen LogP contribution >= 0.6 is 0 Å². The maximum absolute atomic E-state index is 12.4. The Morgan fingerprint density at radius 3 is 2.43 bits per heavy atom. The molecule has 0 saturated carbocycles. The number of hydrazine groups is 1. The smallest absolute Gasteiger partial charge is 0.266 e. The largest absolute Gasteiger partial charge is 0.495 e. The molecule has 122 valence electrons. The van der Waals surface area contributed by atoms with E-state index in [9.17, 15) is 13.2 Å². The average molecular weight is 334 g/mol. The van der Waals surface area contributed by atoms with Gasteiger partial charge in [-0.3, -0.25) is 10.2 Å². The summed E-state index contributed by atoms with van der Waals surface area (Å²) >= 11 is 0. The number of ether oxygens (including phenoxy) is 1. The van der Waals surface area contributed by atoms with E-state index in [1.165, 1.54) is 13.2 Å². The summed E-state index contributed by atoms with van der Waals surface area (Å²) in [4.78, 5) is 14.2. The number of amides is 1. The second-order valence-electron chi connectivity index (χ2n) is 5.03. The molecule has 0 heterocycles. The molecule has 0 aliphatic heterocycles. The summed E-state index contributed by atoms with van der Waals surface area (Å²) in [6, 6.07) is 11.7. The van der Waals surface area contributed by atoms with Gasteiger partial charge >= 0.3 is 0 Å². The van der Waals surface area contributed by atoms with Gasteiger partial charge in [-0.25, -0.2) is 8.42 Å². The number of nitrogens with one attached hydrogen (secondary N) is 2. The minimum Gasteiger partial charge on any atom is -0.495 e. The van der Waals surface area contributed by atoms with Crippen LogP contribution in [0.5, 0.6) is 5.75 Å². The van der Waals surface area contributed by atoms with E-state index in [1.807, 2.05) is 0 Å². The lowest BCUT2D eigenvalue weighted by molar-refractivity contribution is 0.0944. The maximum Gasteiger partial charge on any atom is 0.266 e. The molecule has 0 aliphatic carbocycles. The molecular weight excluding hydrogens is 316 g/mol. The molecule has 1 amide bonds. The van der Waals surface area contributed by atoms with Crippen molar-refractivity contribution in [3.8, 4) is 5.75 Å². The molecule has 0 saturated heterocycles. The Labute approximate surface area is 135 Å². The summed E-state index contributed by atoms with van der Waals surface area (Å²) in [5, 5.41) is 0. The molecule has 7 heteroatoms. The first-order valence-electron chi connectivity index (χ1n) is 6.87. The number of sulfonamides is 1. The number of hydrogen-bond acceptors (Lipinski definition) is 4. The van der Waals surface area contributed by atoms with Crippen LogP contribution in [-0.4, -0.2) is 21.4 Å². The Balaban J connectivity index is 2.21. The highest BCUT2D eigenvalue weighted by Crippen LogP contribution is 2.24. The standard InChI is InChI=1S/C16H18N2O4S/c1-11-8-9-14(22-3)15(10-11)23(20,21)18-17-16(19)13-7-5-4-6-12(13)2/h4-10,18H,1-3H3,(H,17,19). The van der Waals surface area contributed by atoms with Crippen molar-refractivity contribution in [2.45, 2.75) is 18.7 Å². The van der Waals surface area contributed by atoms with E-state index in [2.05, 4.69) is 10.3 Å². The van der Waals surface area contributed by atoms with Crippen LogP contribution in [0.15, 0.2) is 47.4 Å². The van der Waals surface area contributed by atoms with E-state index in [-0.39, 0.29) is 10.6 Å². The minimum absolute atomic E-state index is 0.0370. The summed E-state index contributed by atoms with van der Waals surface area (Å²) in [6.07, 6.45) is 0. The fourth-order valence-corrected chi connectivity index (χ4v) is 3.15. The molecular formula is C16H18N2O4S. The number of rotatable bonds is 5.